The Kier molecular flexibility index (Phi) is 3.89. The first-order valence-corrected chi connectivity index (χ1v) is 6.40. The van der Waals surface area contributed by atoms with E-state index in [4.69, 9.17) is 11.5 Å². The van der Waals surface area contributed by atoms with Crippen molar-refractivity contribution in [2.24, 2.45) is 16.9 Å². The second-order valence-corrected chi connectivity index (χ2v) is 5.23. The molecular weight excluding hydrogens is 342 g/mol. The highest BCUT2D eigenvalue weighted by molar-refractivity contribution is 5.81. The first-order valence-electron chi connectivity index (χ1n) is 6.40. The topological polar surface area (TPSA) is 92.5 Å². The van der Waals surface area contributed by atoms with Gasteiger partial charge in [0.05, 0.1) is 11.4 Å². The van der Waals surface area contributed by atoms with Crippen molar-refractivity contribution in [3.8, 4) is 0 Å². The molecule has 0 aromatic heterocycles. The van der Waals surface area contributed by atoms with E-state index in [0.29, 0.717) is 0 Å². The Balaban J connectivity index is 2.91. The monoisotopic (exact) mass is 354 g/mol. The van der Waals surface area contributed by atoms with Crippen molar-refractivity contribution in [2.45, 2.75) is 18.1 Å². The van der Waals surface area contributed by atoms with Gasteiger partial charge in [-0.25, -0.2) is 0 Å². The summed E-state index contributed by atoms with van der Waals surface area (Å²) in [7, 11) is 0. The lowest BCUT2D eigenvalue weighted by atomic mass is 9.69. The van der Waals surface area contributed by atoms with Gasteiger partial charge < -0.3 is 21.7 Å². The molecule has 0 heterocycles. The van der Waals surface area contributed by atoms with Crippen molar-refractivity contribution >= 4 is 5.57 Å². The molecule has 0 saturated heterocycles. The van der Waals surface area contributed by atoms with Gasteiger partial charge in [0.15, 0.2) is 0 Å². The molecule has 0 spiro atoms. The lowest BCUT2D eigenvalue weighted by Gasteiger charge is -2.46. The van der Waals surface area contributed by atoms with Crippen LogP contribution in [0.15, 0.2) is 47.8 Å². The molecule has 10 heteroatoms. The first-order chi connectivity index (χ1) is 10.8. The van der Waals surface area contributed by atoms with Crippen LogP contribution >= 0.6 is 0 Å². The summed E-state index contributed by atoms with van der Waals surface area (Å²) in [4.78, 5) is 0. The average molecular weight is 354 g/mol. The van der Waals surface area contributed by atoms with Gasteiger partial charge in [0.1, 0.15) is 0 Å². The van der Waals surface area contributed by atoms with E-state index in [1.165, 1.54) is 30.3 Å². The maximum atomic E-state index is 13.4. The molecule has 4 nitrogen and oxygen atoms in total. The molecule has 0 atom stereocenters. The molecule has 132 valence electrons. The predicted octanol–water partition coefficient (Wildman–Crippen LogP) is 2.00. The average Bonchev–Trinajstić information content (AvgIpc) is 2.43. The van der Waals surface area contributed by atoms with Gasteiger partial charge in [-0.15, -0.1) is 0 Å². The van der Waals surface area contributed by atoms with Crippen molar-refractivity contribution < 1.29 is 36.6 Å². The second-order valence-electron chi connectivity index (χ2n) is 5.23. The van der Waals surface area contributed by atoms with Gasteiger partial charge in [-0.1, -0.05) is 30.3 Å². The van der Waals surface area contributed by atoms with Crippen LogP contribution in [-0.4, -0.2) is 28.4 Å². The molecule has 1 aliphatic rings. The summed E-state index contributed by atoms with van der Waals surface area (Å²) in [6.07, 6.45) is -12.6. The van der Waals surface area contributed by atoms with E-state index in [9.17, 15) is 36.6 Å². The van der Waals surface area contributed by atoms with Crippen molar-refractivity contribution in [3.05, 3.63) is 53.4 Å². The zero-order valence-corrected chi connectivity index (χ0v) is 11.8. The molecule has 0 aliphatic heterocycles. The SMILES string of the molecule is NC1=C(N)C(O)(O)C(C(F)(F)F)(C(F)(F)F)C=C1c1ccccc1. The molecule has 0 bridgehead atoms. The molecular formula is C14H12F6N2O2. The second kappa shape index (κ2) is 5.15. The molecule has 0 fully saturated rings. The van der Waals surface area contributed by atoms with Crippen LogP contribution in [0.1, 0.15) is 5.56 Å². The van der Waals surface area contributed by atoms with E-state index in [2.05, 4.69) is 0 Å². The molecule has 6 N–H and O–H groups in total. The number of allylic oxidation sites excluding steroid dienone is 1. The number of hydrogen-bond acceptors (Lipinski definition) is 4. The van der Waals surface area contributed by atoms with E-state index in [1.807, 2.05) is 0 Å². The predicted molar refractivity (Wildman–Crippen MR) is 71.5 cm³/mol. The summed E-state index contributed by atoms with van der Waals surface area (Å²) in [6, 6.07) is 6.64. The van der Waals surface area contributed by atoms with E-state index >= 15 is 0 Å². The maximum absolute atomic E-state index is 13.4. The van der Waals surface area contributed by atoms with Crippen LogP contribution < -0.4 is 11.5 Å². The van der Waals surface area contributed by atoms with Crippen LogP contribution in [0.2, 0.25) is 0 Å². The fourth-order valence-electron chi connectivity index (χ4n) is 2.52. The van der Waals surface area contributed by atoms with Crippen molar-refractivity contribution in [3.63, 3.8) is 0 Å². The lowest BCUT2D eigenvalue weighted by molar-refractivity contribution is -0.400. The fourth-order valence-corrected chi connectivity index (χ4v) is 2.52. The number of nitrogens with two attached hydrogens (primary N) is 2. The van der Waals surface area contributed by atoms with Gasteiger partial charge in [0, 0.05) is 5.57 Å². The normalized spacial score (nSPS) is 20.8. The minimum absolute atomic E-state index is 0.0914. The van der Waals surface area contributed by atoms with Gasteiger partial charge in [-0.3, -0.25) is 0 Å². The zero-order chi connectivity index (χ0) is 18.6. The van der Waals surface area contributed by atoms with Crippen LogP contribution in [0.5, 0.6) is 0 Å². The lowest BCUT2D eigenvalue weighted by Crippen LogP contribution is -2.67. The van der Waals surface area contributed by atoms with Crippen LogP contribution in [0.3, 0.4) is 0 Å². The largest absolute Gasteiger partial charge is 0.412 e. The third-order valence-electron chi connectivity index (χ3n) is 3.85. The number of rotatable bonds is 1. The van der Waals surface area contributed by atoms with Crippen molar-refractivity contribution in [1.29, 1.82) is 0 Å². The molecule has 1 aromatic rings. The Bertz CT molecular complexity index is 690. The highest BCUT2D eigenvalue weighted by Crippen LogP contribution is 2.61. The Morgan fingerprint density at radius 2 is 1.29 bits per heavy atom. The first kappa shape index (κ1) is 18.1. The summed E-state index contributed by atoms with van der Waals surface area (Å²) in [5, 5.41) is 19.3. The number of halogens is 6. The standard InChI is InChI=1S/C14H12F6N2O2/c15-13(16,17)11(14(18,19)20)6-8(7-4-2-1-3-5-7)9(21)10(22)12(11,23)24/h1-6,23-24H,21-22H2. The Morgan fingerprint density at radius 1 is 0.833 bits per heavy atom. The number of alkyl halides is 6. The summed E-state index contributed by atoms with van der Waals surface area (Å²) in [5.74, 6) is -4.49. The van der Waals surface area contributed by atoms with Gasteiger partial charge in [0.2, 0.25) is 11.2 Å². The van der Waals surface area contributed by atoms with Crippen LogP contribution in [0.4, 0.5) is 26.3 Å². The Labute approximate surface area is 131 Å². The van der Waals surface area contributed by atoms with E-state index in [1.54, 1.807) is 0 Å². The van der Waals surface area contributed by atoms with Crippen molar-refractivity contribution in [1.82, 2.24) is 0 Å². The Morgan fingerprint density at radius 3 is 1.71 bits per heavy atom. The molecule has 0 unspecified atom stereocenters. The minimum Gasteiger partial charge on any atom is -0.397 e. The number of benzene rings is 1. The highest BCUT2D eigenvalue weighted by atomic mass is 19.4. The molecule has 0 saturated carbocycles. The number of aliphatic hydroxyl groups is 2. The molecule has 2 rings (SSSR count). The van der Waals surface area contributed by atoms with Crippen LogP contribution in [0, 0.1) is 5.41 Å². The van der Waals surface area contributed by atoms with Gasteiger partial charge in [-0.2, -0.15) is 26.3 Å². The Hall–Kier alpha value is -2.20. The van der Waals surface area contributed by atoms with Crippen LogP contribution in [0.25, 0.3) is 5.57 Å². The molecule has 24 heavy (non-hydrogen) atoms. The van der Waals surface area contributed by atoms with Gasteiger partial charge in [-0.05, 0) is 11.6 Å². The third kappa shape index (κ3) is 2.25. The maximum Gasteiger partial charge on any atom is 0.412 e. The molecule has 0 amide bonds. The molecule has 1 aromatic carbocycles. The van der Waals surface area contributed by atoms with Crippen LogP contribution in [-0.2, 0) is 0 Å². The smallest absolute Gasteiger partial charge is 0.397 e. The van der Waals surface area contributed by atoms with Gasteiger partial charge in [0.25, 0.3) is 0 Å². The quantitative estimate of drug-likeness (QED) is 0.459. The number of hydrogen-bond donors (Lipinski definition) is 4. The molecule has 1 aliphatic carbocycles. The summed E-state index contributed by atoms with van der Waals surface area (Å²) < 4.78 is 80.2. The zero-order valence-electron chi connectivity index (χ0n) is 11.8. The summed E-state index contributed by atoms with van der Waals surface area (Å²) >= 11 is 0. The third-order valence-corrected chi connectivity index (χ3v) is 3.85. The fraction of sp³-hybridized carbons (Fsp3) is 0.286. The van der Waals surface area contributed by atoms with E-state index in [-0.39, 0.29) is 11.6 Å². The highest BCUT2D eigenvalue weighted by Gasteiger charge is 2.80. The summed E-state index contributed by atoms with van der Waals surface area (Å²) in [6.45, 7) is 0. The van der Waals surface area contributed by atoms with E-state index in [0.717, 1.165) is 0 Å². The minimum atomic E-state index is -6.11. The van der Waals surface area contributed by atoms with E-state index < -0.39 is 40.5 Å². The van der Waals surface area contributed by atoms with Crippen molar-refractivity contribution in [2.75, 3.05) is 0 Å². The molecule has 0 radical (unpaired) electrons. The summed E-state index contributed by atoms with van der Waals surface area (Å²) in [5.41, 5.74) is 2.50. The van der Waals surface area contributed by atoms with Gasteiger partial charge >= 0.3 is 12.4 Å².